The molecule has 0 aromatic heterocycles. The molecule has 1 aliphatic heterocycles. The Morgan fingerprint density at radius 1 is 1.29 bits per heavy atom. The Hall–Kier alpha value is -0.930. The van der Waals surface area contributed by atoms with Crippen molar-refractivity contribution in [1.29, 1.82) is 0 Å². The van der Waals surface area contributed by atoms with Crippen molar-refractivity contribution in [3.8, 4) is 0 Å². The van der Waals surface area contributed by atoms with Crippen molar-refractivity contribution in [2.24, 2.45) is 0 Å². The van der Waals surface area contributed by atoms with Gasteiger partial charge in [0.25, 0.3) is 0 Å². The maximum absolute atomic E-state index is 12.7. The molecule has 3 heteroatoms. The van der Waals surface area contributed by atoms with Crippen molar-refractivity contribution in [2.45, 2.75) is 18.4 Å². The van der Waals surface area contributed by atoms with E-state index in [9.17, 15) is 9.50 Å². The van der Waals surface area contributed by atoms with E-state index in [0.717, 1.165) is 18.5 Å². The van der Waals surface area contributed by atoms with E-state index in [4.69, 9.17) is 0 Å². The van der Waals surface area contributed by atoms with E-state index in [1.54, 1.807) is 12.1 Å². The second kappa shape index (κ2) is 4.07. The molecule has 1 aliphatic rings. The van der Waals surface area contributed by atoms with Gasteiger partial charge >= 0.3 is 0 Å². The molecule has 1 fully saturated rings. The third kappa shape index (κ3) is 1.94. The number of benzene rings is 1. The molecule has 1 aromatic rings. The van der Waals surface area contributed by atoms with Gasteiger partial charge in [0.1, 0.15) is 5.82 Å². The van der Waals surface area contributed by atoms with Crippen LogP contribution in [0.1, 0.15) is 17.9 Å². The zero-order valence-electron chi connectivity index (χ0n) is 7.91. The first-order chi connectivity index (χ1) is 6.77. The molecule has 2 atom stereocenters. The van der Waals surface area contributed by atoms with E-state index >= 15 is 0 Å². The maximum atomic E-state index is 12.7. The van der Waals surface area contributed by atoms with Crippen LogP contribution in [0.5, 0.6) is 0 Å². The molecule has 1 aromatic carbocycles. The van der Waals surface area contributed by atoms with Crippen LogP contribution >= 0.6 is 0 Å². The summed E-state index contributed by atoms with van der Waals surface area (Å²) in [5.41, 5.74) is 1.03. The van der Waals surface area contributed by atoms with Crippen molar-refractivity contribution in [1.82, 2.24) is 5.32 Å². The largest absolute Gasteiger partial charge is 0.391 e. The summed E-state index contributed by atoms with van der Waals surface area (Å²) in [5.74, 6) is -0.0750. The van der Waals surface area contributed by atoms with E-state index in [-0.39, 0.29) is 17.8 Å². The van der Waals surface area contributed by atoms with Gasteiger partial charge in [-0.05, 0) is 30.7 Å². The van der Waals surface area contributed by atoms with Crippen LogP contribution in [-0.4, -0.2) is 24.3 Å². The number of hydrogen-bond donors (Lipinski definition) is 2. The number of halogens is 1. The van der Waals surface area contributed by atoms with Gasteiger partial charge in [0.05, 0.1) is 6.10 Å². The molecule has 1 heterocycles. The average molecular weight is 195 g/mol. The van der Waals surface area contributed by atoms with Gasteiger partial charge in [0.15, 0.2) is 0 Å². The van der Waals surface area contributed by atoms with E-state index in [1.807, 2.05) is 0 Å². The minimum atomic E-state index is -0.353. The fraction of sp³-hybridized carbons (Fsp3) is 0.455. The minimum Gasteiger partial charge on any atom is -0.391 e. The lowest BCUT2D eigenvalue weighted by molar-refractivity contribution is 0.118. The van der Waals surface area contributed by atoms with Gasteiger partial charge in [0, 0.05) is 12.5 Å². The zero-order chi connectivity index (χ0) is 9.97. The topological polar surface area (TPSA) is 32.3 Å². The van der Waals surface area contributed by atoms with Crippen LogP contribution in [0.4, 0.5) is 4.39 Å². The number of aliphatic hydroxyl groups excluding tert-OH is 1. The molecule has 0 unspecified atom stereocenters. The summed E-state index contributed by atoms with van der Waals surface area (Å²) in [6, 6.07) is 6.41. The Kier molecular flexibility index (Phi) is 2.79. The first kappa shape index (κ1) is 9.62. The van der Waals surface area contributed by atoms with Crippen LogP contribution in [0.3, 0.4) is 0 Å². The molecule has 2 N–H and O–H groups in total. The van der Waals surface area contributed by atoms with E-state index < -0.39 is 0 Å². The monoisotopic (exact) mass is 195 g/mol. The summed E-state index contributed by atoms with van der Waals surface area (Å²) < 4.78 is 12.7. The smallest absolute Gasteiger partial charge is 0.123 e. The van der Waals surface area contributed by atoms with Crippen LogP contribution in [-0.2, 0) is 0 Å². The lowest BCUT2D eigenvalue weighted by Gasteiger charge is -2.28. The number of aliphatic hydroxyl groups is 1. The normalized spacial score (nSPS) is 27.6. The molecule has 2 rings (SSSR count). The zero-order valence-corrected chi connectivity index (χ0v) is 7.91. The third-order valence-electron chi connectivity index (χ3n) is 2.75. The van der Waals surface area contributed by atoms with Gasteiger partial charge < -0.3 is 10.4 Å². The fourth-order valence-electron chi connectivity index (χ4n) is 1.94. The van der Waals surface area contributed by atoms with E-state index in [0.29, 0.717) is 6.54 Å². The molecular formula is C11H14FNO. The van der Waals surface area contributed by atoms with Crippen molar-refractivity contribution in [3.63, 3.8) is 0 Å². The second-order valence-electron chi connectivity index (χ2n) is 3.72. The Morgan fingerprint density at radius 2 is 2.00 bits per heavy atom. The van der Waals surface area contributed by atoms with Crippen LogP contribution < -0.4 is 5.32 Å². The van der Waals surface area contributed by atoms with Crippen LogP contribution in [0.25, 0.3) is 0 Å². The van der Waals surface area contributed by atoms with E-state index in [1.165, 1.54) is 12.1 Å². The number of piperidine rings is 1. The highest BCUT2D eigenvalue weighted by atomic mass is 19.1. The standard InChI is InChI=1S/C11H14FNO/c12-9-3-1-8(2-4-9)10-5-6-13-7-11(10)14/h1-4,10-11,13-14H,5-7H2/t10-,11+/m0/s1. The molecule has 1 saturated heterocycles. The Balaban J connectivity index is 2.16. The first-order valence-corrected chi connectivity index (χ1v) is 4.91. The molecule has 2 nitrogen and oxygen atoms in total. The average Bonchev–Trinajstić information content (AvgIpc) is 2.20. The molecule has 0 amide bonds. The number of rotatable bonds is 1. The number of nitrogens with one attached hydrogen (secondary N) is 1. The lowest BCUT2D eigenvalue weighted by Crippen LogP contribution is -2.39. The summed E-state index contributed by atoms with van der Waals surface area (Å²) in [7, 11) is 0. The van der Waals surface area contributed by atoms with Crippen molar-refractivity contribution >= 4 is 0 Å². The Bertz CT molecular complexity index is 299. The summed E-state index contributed by atoms with van der Waals surface area (Å²) in [6.07, 6.45) is 0.557. The molecule has 0 bridgehead atoms. The van der Waals surface area contributed by atoms with Gasteiger partial charge in [-0.2, -0.15) is 0 Å². The Morgan fingerprint density at radius 3 is 2.64 bits per heavy atom. The minimum absolute atomic E-state index is 0.150. The second-order valence-corrected chi connectivity index (χ2v) is 3.72. The predicted molar refractivity (Wildman–Crippen MR) is 52.6 cm³/mol. The van der Waals surface area contributed by atoms with Crippen molar-refractivity contribution in [2.75, 3.05) is 13.1 Å². The fourth-order valence-corrected chi connectivity index (χ4v) is 1.94. The van der Waals surface area contributed by atoms with Crippen LogP contribution in [0.15, 0.2) is 24.3 Å². The van der Waals surface area contributed by atoms with Gasteiger partial charge in [0.2, 0.25) is 0 Å². The van der Waals surface area contributed by atoms with Crippen LogP contribution in [0.2, 0.25) is 0 Å². The molecule has 0 radical (unpaired) electrons. The number of β-amino-alcohol motifs (C(OH)–C–C–N with tert-alkyl or cyclic N) is 1. The highest BCUT2D eigenvalue weighted by molar-refractivity contribution is 5.22. The summed E-state index contributed by atoms with van der Waals surface area (Å²) in [6.45, 7) is 1.54. The van der Waals surface area contributed by atoms with Gasteiger partial charge in [-0.15, -0.1) is 0 Å². The maximum Gasteiger partial charge on any atom is 0.123 e. The molecule has 0 spiro atoms. The van der Waals surface area contributed by atoms with Gasteiger partial charge in [-0.1, -0.05) is 12.1 Å². The third-order valence-corrected chi connectivity index (χ3v) is 2.75. The first-order valence-electron chi connectivity index (χ1n) is 4.91. The summed E-state index contributed by atoms with van der Waals surface area (Å²) >= 11 is 0. The molecule has 0 aliphatic carbocycles. The highest BCUT2D eigenvalue weighted by Crippen LogP contribution is 2.25. The predicted octanol–water partition coefficient (Wildman–Crippen LogP) is 1.26. The molecule has 14 heavy (non-hydrogen) atoms. The van der Waals surface area contributed by atoms with Crippen molar-refractivity contribution in [3.05, 3.63) is 35.6 Å². The summed E-state index contributed by atoms with van der Waals surface area (Å²) in [4.78, 5) is 0. The van der Waals surface area contributed by atoms with Crippen molar-refractivity contribution < 1.29 is 9.50 Å². The van der Waals surface area contributed by atoms with Gasteiger partial charge in [-0.25, -0.2) is 4.39 Å². The highest BCUT2D eigenvalue weighted by Gasteiger charge is 2.23. The van der Waals surface area contributed by atoms with E-state index in [2.05, 4.69) is 5.32 Å². The van der Waals surface area contributed by atoms with Crippen LogP contribution in [0, 0.1) is 5.82 Å². The molecular weight excluding hydrogens is 181 g/mol. The number of hydrogen-bond acceptors (Lipinski definition) is 2. The SMILES string of the molecule is O[C@@H]1CNCC[C@H]1c1ccc(F)cc1. The quantitative estimate of drug-likeness (QED) is 0.707. The molecule has 76 valence electrons. The van der Waals surface area contributed by atoms with Gasteiger partial charge in [-0.3, -0.25) is 0 Å². The Labute approximate surface area is 82.8 Å². The lowest BCUT2D eigenvalue weighted by atomic mass is 9.88. The summed E-state index contributed by atoms with van der Waals surface area (Å²) in [5, 5.41) is 12.9. The molecule has 0 saturated carbocycles.